The number of para-hydroxylation sites is 2. The molecule has 5 rings (SSSR count). The minimum Gasteiger partial charge on any atom is -0.481 e. The molecule has 3 atom stereocenters. The van der Waals surface area contributed by atoms with E-state index in [1.807, 2.05) is 54.1 Å². The summed E-state index contributed by atoms with van der Waals surface area (Å²) in [6, 6.07) is 13.4. The maximum absolute atomic E-state index is 13.7. The summed E-state index contributed by atoms with van der Waals surface area (Å²) in [6.07, 6.45) is 4.13. The van der Waals surface area contributed by atoms with Crippen molar-refractivity contribution in [2.45, 2.75) is 45.2 Å². The molecule has 0 amide bonds. The van der Waals surface area contributed by atoms with Crippen molar-refractivity contribution in [3.63, 3.8) is 0 Å². The Balaban J connectivity index is 1.73. The first kappa shape index (κ1) is 18.7. The molecule has 0 aliphatic heterocycles. The van der Waals surface area contributed by atoms with Gasteiger partial charge in [0.2, 0.25) is 0 Å². The van der Waals surface area contributed by atoms with E-state index >= 15 is 0 Å². The van der Waals surface area contributed by atoms with Gasteiger partial charge in [-0.2, -0.15) is 0 Å². The molecule has 6 heteroatoms. The monoisotopic (exact) mass is 403 g/mol. The summed E-state index contributed by atoms with van der Waals surface area (Å²) in [5.41, 5.74) is 4.79. The summed E-state index contributed by atoms with van der Waals surface area (Å²) in [5, 5.41) is 10.8. The van der Waals surface area contributed by atoms with Crippen molar-refractivity contribution in [1.82, 2.24) is 14.1 Å². The molecule has 0 bridgehead atoms. The van der Waals surface area contributed by atoms with Gasteiger partial charge in [-0.05, 0) is 50.5 Å². The number of aryl methyl sites for hydroxylation is 1. The van der Waals surface area contributed by atoms with Gasteiger partial charge in [0.05, 0.1) is 29.0 Å². The highest BCUT2D eigenvalue weighted by atomic mass is 16.4. The molecule has 0 saturated heterocycles. The number of fused-ring (bicyclic) bond motifs is 2. The second-order valence-electron chi connectivity index (χ2n) is 8.37. The van der Waals surface area contributed by atoms with E-state index in [1.165, 1.54) is 0 Å². The molecule has 6 nitrogen and oxygen atoms in total. The molecule has 0 radical (unpaired) electrons. The zero-order chi connectivity index (χ0) is 21.0. The lowest BCUT2D eigenvalue weighted by atomic mass is 10.0. The second kappa shape index (κ2) is 6.90. The van der Waals surface area contributed by atoms with Gasteiger partial charge >= 0.3 is 11.7 Å². The van der Waals surface area contributed by atoms with E-state index in [9.17, 15) is 14.7 Å². The number of hydrogen-bond donors (Lipinski definition) is 2. The van der Waals surface area contributed by atoms with Crippen LogP contribution in [-0.2, 0) is 4.79 Å². The average Bonchev–Trinajstić information content (AvgIpc) is 3.43. The molecule has 2 N–H and O–H groups in total. The Bertz CT molecular complexity index is 1330. The molecule has 30 heavy (non-hydrogen) atoms. The summed E-state index contributed by atoms with van der Waals surface area (Å²) in [6.45, 7) is 4.12. The van der Waals surface area contributed by atoms with Crippen molar-refractivity contribution in [2.75, 3.05) is 0 Å². The number of carboxylic acid groups (broad SMARTS) is 1. The average molecular weight is 403 g/mol. The molecular weight excluding hydrogens is 378 g/mol. The zero-order valence-electron chi connectivity index (χ0n) is 17.1. The second-order valence-corrected chi connectivity index (χ2v) is 8.37. The summed E-state index contributed by atoms with van der Waals surface area (Å²) < 4.78 is 3.56. The zero-order valence-corrected chi connectivity index (χ0v) is 17.1. The molecule has 2 aromatic heterocycles. The molecule has 1 aliphatic rings. The molecule has 2 aromatic carbocycles. The number of aromatic nitrogens is 3. The summed E-state index contributed by atoms with van der Waals surface area (Å²) in [4.78, 5) is 28.9. The molecule has 0 spiro atoms. The van der Waals surface area contributed by atoms with Crippen LogP contribution in [0.15, 0.2) is 53.5 Å². The van der Waals surface area contributed by atoms with Crippen LogP contribution in [-0.4, -0.2) is 25.2 Å². The van der Waals surface area contributed by atoms with Crippen LogP contribution < -0.4 is 5.69 Å². The molecule has 1 fully saturated rings. The molecule has 154 valence electrons. The third-order valence-electron chi connectivity index (χ3n) is 6.72. The van der Waals surface area contributed by atoms with Gasteiger partial charge in [0.15, 0.2) is 0 Å². The van der Waals surface area contributed by atoms with Crippen molar-refractivity contribution in [3.05, 3.63) is 70.3 Å². The van der Waals surface area contributed by atoms with Crippen molar-refractivity contribution in [1.29, 1.82) is 0 Å². The third-order valence-corrected chi connectivity index (χ3v) is 6.72. The predicted octanol–water partition coefficient (Wildman–Crippen LogP) is 4.63. The van der Waals surface area contributed by atoms with Gasteiger partial charge in [-0.25, -0.2) is 4.79 Å². The molecule has 4 aromatic rings. The number of aromatic amines is 1. The van der Waals surface area contributed by atoms with Gasteiger partial charge in [-0.3, -0.25) is 13.9 Å². The fourth-order valence-electron chi connectivity index (χ4n) is 5.29. The highest BCUT2D eigenvalue weighted by molar-refractivity contribution is 5.87. The van der Waals surface area contributed by atoms with Crippen molar-refractivity contribution in [2.24, 2.45) is 5.92 Å². The van der Waals surface area contributed by atoms with Crippen LogP contribution in [0.4, 0.5) is 0 Å². The lowest BCUT2D eigenvalue weighted by molar-refractivity contribution is -0.142. The fourth-order valence-corrected chi connectivity index (χ4v) is 5.29. The Labute approximate surface area is 173 Å². The number of carbonyl (C=O) groups is 1. The SMILES string of the molecule is Cc1cccc2[nH]cc(C(C)n3c(=O)n(C4CCCC4C(=O)O)c4ccccc43)c12. The number of nitrogens with one attached hydrogen (secondary N) is 1. The molecular formula is C24H25N3O3. The highest BCUT2D eigenvalue weighted by Gasteiger charge is 2.37. The van der Waals surface area contributed by atoms with Crippen molar-refractivity contribution < 1.29 is 9.90 Å². The Morgan fingerprint density at radius 1 is 1.13 bits per heavy atom. The van der Waals surface area contributed by atoms with Crippen LogP contribution in [0, 0.1) is 12.8 Å². The van der Waals surface area contributed by atoms with Gasteiger partial charge in [0.25, 0.3) is 0 Å². The number of hydrogen-bond acceptors (Lipinski definition) is 2. The molecule has 2 heterocycles. The number of aliphatic carboxylic acids is 1. The fraction of sp³-hybridized carbons (Fsp3) is 0.333. The topological polar surface area (TPSA) is 80.0 Å². The first-order valence-electron chi connectivity index (χ1n) is 10.5. The minimum absolute atomic E-state index is 0.134. The van der Waals surface area contributed by atoms with E-state index in [0.29, 0.717) is 12.8 Å². The Morgan fingerprint density at radius 3 is 2.67 bits per heavy atom. The Kier molecular flexibility index (Phi) is 4.31. The third kappa shape index (κ3) is 2.63. The lowest BCUT2D eigenvalue weighted by Gasteiger charge is -2.18. The number of rotatable bonds is 4. The predicted molar refractivity (Wildman–Crippen MR) is 117 cm³/mol. The van der Waals surface area contributed by atoms with Gasteiger partial charge in [-0.15, -0.1) is 0 Å². The maximum atomic E-state index is 13.7. The van der Waals surface area contributed by atoms with Gasteiger partial charge in [-0.1, -0.05) is 30.7 Å². The number of benzene rings is 2. The van der Waals surface area contributed by atoms with Gasteiger partial charge < -0.3 is 10.1 Å². The standard InChI is InChI=1S/C24H25N3O3/c1-14-7-5-9-18-22(14)17(13-25-18)15(2)26-20-10-3-4-11-21(20)27(24(26)30)19-12-6-8-16(19)23(28)29/h3-5,7,9-11,13,15-16,19,25H,6,8,12H2,1-2H3,(H,28,29). The van der Waals surface area contributed by atoms with E-state index in [4.69, 9.17) is 0 Å². The van der Waals surface area contributed by atoms with E-state index in [1.54, 1.807) is 4.57 Å². The van der Waals surface area contributed by atoms with Crippen LogP contribution in [0.1, 0.15) is 49.4 Å². The summed E-state index contributed by atoms with van der Waals surface area (Å²) >= 11 is 0. The number of imidazole rings is 1. The maximum Gasteiger partial charge on any atom is 0.329 e. The highest BCUT2D eigenvalue weighted by Crippen LogP contribution is 2.38. The molecule has 1 saturated carbocycles. The van der Waals surface area contributed by atoms with Crippen LogP contribution in [0.5, 0.6) is 0 Å². The lowest BCUT2D eigenvalue weighted by Crippen LogP contribution is -2.32. The van der Waals surface area contributed by atoms with Gasteiger partial charge in [0, 0.05) is 22.7 Å². The molecule has 1 aliphatic carbocycles. The molecule has 3 unspecified atom stereocenters. The van der Waals surface area contributed by atoms with Crippen LogP contribution >= 0.6 is 0 Å². The van der Waals surface area contributed by atoms with E-state index in [2.05, 4.69) is 18.0 Å². The van der Waals surface area contributed by atoms with Crippen molar-refractivity contribution in [3.8, 4) is 0 Å². The summed E-state index contributed by atoms with van der Waals surface area (Å²) in [7, 11) is 0. The minimum atomic E-state index is -0.818. The number of nitrogens with zero attached hydrogens (tertiary/aromatic N) is 2. The Morgan fingerprint density at radius 2 is 1.90 bits per heavy atom. The van der Waals surface area contributed by atoms with E-state index in [-0.39, 0.29) is 17.8 Å². The Hall–Kier alpha value is -3.28. The van der Waals surface area contributed by atoms with Crippen LogP contribution in [0.3, 0.4) is 0 Å². The quantitative estimate of drug-likeness (QED) is 0.521. The van der Waals surface area contributed by atoms with Crippen molar-refractivity contribution >= 4 is 27.9 Å². The largest absolute Gasteiger partial charge is 0.481 e. The van der Waals surface area contributed by atoms with E-state index in [0.717, 1.165) is 39.5 Å². The van der Waals surface area contributed by atoms with Crippen LogP contribution in [0.25, 0.3) is 21.9 Å². The smallest absolute Gasteiger partial charge is 0.329 e. The first-order valence-corrected chi connectivity index (χ1v) is 10.5. The first-order chi connectivity index (χ1) is 14.5. The van der Waals surface area contributed by atoms with Crippen LogP contribution in [0.2, 0.25) is 0 Å². The van der Waals surface area contributed by atoms with Gasteiger partial charge in [0.1, 0.15) is 0 Å². The summed E-state index contributed by atoms with van der Waals surface area (Å²) in [5.74, 6) is -1.34. The normalized spacial score (nSPS) is 20.2. The number of carboxylic acids is 1. The van der Waals surface area contributed by atoms with E-state index < -0.39 is 11.9 Å². The number of H-pyrrole nitrogens is 1.